The number of carbonyl (C=O) groups excluding carboxylic acids is 1. The Bertz CT molecular complexity index is 495. The number of hydrogen-bond acceptors (Lipinski definition) is 2. The molecule has 0 saturated carbocycles. The molecule has 96 valence electrons. The lowest BCUT2D eigenvalue weighted by molar-refractivity contribution is -0.131. The van der Waals surface area contributed by atoms with Crippen LogP contribution in [-0.4, -0.2) is 21.7 Å². The van der Waals surface area contributed by atoms with E-state index in [1.54, 1.807) is 25.1 Å². The van der Waals surface area contributed by atoms with Gasteiger partial charge in [0, 0.05) is 17.5 Å². The van der Waals surface area contributed by atoms with Crippen molar-refractivity contribution < 1.29 is 14.7 Å². The molecule has 1 aromatic carbocycles. The molecule has 1 N–H and O–H groups in total. The Morgan fingerprint density at radius 2 is 2.17 bits per heavy atom. The molecule has 1 atom stereocenters. The van der Waals surface area contributed by atoms with Crippen molar-refractivity contribution in [2.45, 2.75) is 17.6 Å². The van der Waals surface area contributed by atoms with Crippen molar-refractivity contribution >= 4 is 45.4 Å². The molecule has 0 bridgehead atoms. The topological polar surface area (TPSA) is 54.4 Å². The first kappa shape index (κ1) is 14.9. The predicted octanol–water partition coefficient (Wildman–Crippen LogP) is 3.49. The third-order valence-electron chi connectivity index (χ3n) is 2.30. The minimum Gasteiger partial charge on any atom is -0.478 e. The number of rotatable bonds is 5. The van der Waals surface area contributed by atoms with Crippen LogP contribution in [0.25, 0.3) is 6.08 Å². The second kappa shape index (κ2) is 6.71. The Labute approximate surface area is 119 Å². The highest BCUT2D eigenvalue weighted by Gasteiger charge is 2.15. The molecule has 0 fully saturated rings. The summed E-state index contributed by atoms with van der Waals surface area (Å²) in [5, 5.41) is 8.63. The molecule has 0 spiro atoms. The molecule has 0 aliphatic rings. The summed E-state index contributed by atoms with van der Waals surface area (Å²) >= 11 is 8.93. The summed E-state index contributed by atoms with van der Waals surface area (Å²) in [6, 6.07) is 5.14. The van der Waals surface area contributed by atoms with E-state index < -0.39 is 5.97 Å². The van der Waals surface area contributed by atoms with Crippen LogP contribution in [0, 0.1) is 0 Å². The van der Waals surface area contributed by atoms with Crippen LogP contribution in [0.4, 0.5) is 0 Å². The van der Waals surface area contributed by atoms with Crippen LogP contribution in [0.3, 0.4) is 0 Å². The molecule has 0 heterocycles. The van der Waals surface area contributed by atoms with E-state index in [0.29, 0.717) is 17.0 Å². The van der Waals surface area contributed by atoms with E-state index in [9.17, 15) is 9.59 Å². The van der Waals surface area contributed by atoms with Gasteiger partial charge in [-0.2, -0.15) is 0 Å². The molecule has 18 heavy (non-hydrogen) atoms. The van der Waals surface area contributed by atoms with Gasteiger partial charge >= 0.3 is 5.97 Å². The van der Waals surface area contributed by atoms with Gasteiger partial charge < -0.3 is 5.11 Å². The van der Waals surface area contributed by atoms with Gasteiger partial charge in [-0.1, -0.05) is 28.1 Å². The SMILES string of the molecule is CC(Br)C(=O)c1ccc(CCl)cc1C=CC(=O)O. The van der Waals surface area contributed by atoms with E-state index in [-0.39, 0.29) is 10.6 Å². The molecule has 5 heteroatoms. The molecule has 0 radical (unpaired) electrons. The number of hydrogen-bond donors (Lipinski definition) is 1. The van der Waals surface area contributed by atoms with E-state index in [1.165, 1.54) is 6.08 Å². The van der Waals surface area contributed by atoms with Gasteiger partial charge in [-0.15, -0.1) is 11.6 Å². The zero-order valence-electron chi connectivity index (χ0n) is 9.69. The number of carbonyl (C=O) groups is 2. The van der Waals surface area contributed by atoms with Crippen molar-refractivity contribution in [3.05, 3.63) is 41.0 Å². The van der Waals surface area contributed by atoms with E-state index >= 15 is 0 Å². The maximum absolute atomic E-state index is 11.9. The fraction of sp³-hybridized carbons (Fsp3) is 0.231. The summed E-state index contributed by atoms with van der Waals surface area (Å²) in [5.41, 5.74) is 1.87. The second-order valence-corrected chi connectivity index (χ2v) is 5.35. The Kier molecular flexibility index (Phi) is 5.56. The van der Waals surface area contributed by atoms with Crippen molar-refractivity contribution in [2.75, 3.05) is 0 Å². The van der Waals surface area contributed by atoms with Crippen LogP contribution < -0.4 is 0 Å². The Morgan fingerprint density at radius 3 is 2.67 bits per heavy atom. The Hall–Kier alpha value is -1.13. The molecule has 0 amide bonds. The number of halogens is 2. The fourth-order valence-corrected chi connectivity index (χ4v) is 1.85. The van der Waals surface area contributed by atoms with E-state index in [2.05, 4.69) is 15.9 Å². The summed E-state index contributed by atoms with van der Waals surface area (Å²) in [6.45, 7) is 1.72. The summed E-state index contributed by atoms with van der Waals surface area (Å²) in [7, 11) is 0. The van der Waals surface area contributed by atoms with Gasteiger partial charge in [0.1, 0.15) is 0 Å². The van der Waals surface area contributed by atoms with Crippen molar-refractivity contribution in [1.82, 2.24) is 0 Å². The smallest absolute Gasteiger partial charge is 0.328 e. The first-order valence-electron chi connectivity index (χ1n) is 5.24. The zero-order valence-corrected chi connectivity index (χ0v) is 12.0. The molecule has 1 rings (SSSR count). The monoisotopic (exact) mass is 330 g/mol. The fourth-order valence-electron chi connectivity index (χ4n) is 1.43. The van der Waals surface area contributed by atoms with E-state index in [0.717, 1.165) is 11.6 Å². The second-order valence-electron chi connectivity index (χ2n) is 3.71. The van der Waals surface area contributed by atoms with Crippen LogP contribution in [-0.2, 0) is 10.7 Å². The maximum Gasteiger partial charge on any atom is 0.328 e. The van der Waals surface area contributed by atoms with E-state index in [4.69, 9.17) is 16.7 Å². The number of carboxylic acid groups (broad SMARTS) is 1. The molecular weight excluding hydrogens is 319 g/mol. The van der Waals surface area contributed by atoms with Gasteiger partial charge in [0.15, 0.2) is 5.78 Å². The third-order valence-corrected chi connectivity index (χ3v) is 3.03. The lowest BCUT2D eigenvalue weighted by atomic mass is 9.99. The molecule has 0 saturated heterocycles. The van der Waals surface area contributed by atoms with Gasteiger partial charge in [-0.25, -0.2) is 4.79 Å². The molecule has 3 nitrogen and oxygen atoms in total. The van der Waals surface area contributed by atoms with Crippen LogP contribution in [0.15, 0.2) is 24.3 Å². The number of carboxylic acids is 1. The molecule has 1 unspecified atom stereocenters. The highest BCUT2D eigenvalue weighted by molar-refractivity contribution is 9.10. The predicted molar refractivity (Wildman–Crippen MR) is 75.4 cm³/mol. The average molecular weight is 332 g/mol. The molecule has 0 aliphatic carbocycles. The summed E-state index contributed by atoms with van der Waals surface area (Å²) in [4.78, 5) is 22.2. The minimum absolute atomic E-state index is 0.0961. The Morgan fingerprint density at radius 1 is 1.50 bits per heavy atom. The largest absolute Gasteiger partial charge is 0.478 e. The minimum atomic E-state index is -1.06. The van der Waals surface area contributed by atoms with Crippen LogP contribution in [0.1, 0.15) is 28.4 Å². The number of ketones is 1. The normalized spacial score (nSPS) is 12.6. The standard InChI is InChI=1S/C13H12BrClO3/c1-8(14)13(18)11-4-2-9(7-15)6-10(11)3-5-12(16)17/h2-6,8H,7H2,1H3,(H,16,17). The summed E-state index contributed by atoms with van der Waals surface area (Å²) < 4.78 is 0. The number of alkyl halides is 2. The summed E-state index contributed by atoms with van der Waals surface area (Å²) in [6.07, 6.45) is 2.41. The number of aliphatic carboxylic acids is 1. The van der Waals surface area contributed by atoms with Crippen molar-refractivity contribution in [1.29, 1.82) is 0 Å². The zero-order chi connectivity index (χ0) is 13.7. The highest BCUT2D eigenvalue weighted by atomic mass is 79.9. The quantitative estimate of drug-likeness (QED) is 0.510. The van der Waals surface area contributed by atoms with Crippen molar-refractivity contribution in [3.63, 3.8) is 0 Å². The van der Waals surface area contributed by atoms with Crippen LogP contribution >= 0.6 is 27.5 Å². The summed E-state index contributed by atoms with van der Waals surface area (Å²) in [5.74, 6) is -0.843. The third kappa shape index (κ3) is 3.96. The van der Waals surface area contributed by atoms with Crippen molar-refractivity contribution in [2.24, 2.45) is 0 Å². The van der Waals surface area contributed by atoms with Gasteiger partial charge in [-0.05, 0) is 30.2 Å². The number of Topliss-reactive ketones (excluding diaryl/α,β-unsaturated/α-hetero) is 1. The van der Waals surface area contributed by atoms with Gasteiger partial charge in [0.2, 0.25) is 0 Å². The van der Waals surface area contributed by atoms with Crippen molar-refractivity contribution in [3.8, 4) is 0 Å². The molecule has 0 aromatic heterocycles. The van der Waals surface area contributed by atoms with Crippen LogP contribution in [0.2, 0.25) is 0 Å². The molecule has 0 aliphatic heterocycles. The first-order valence-corrected chi connectivity index (χ1v) is 6.69. The highest BCUT2D eigenvalue weighted by Crippen LogP contribution is 2.19. The van der Waals surface area contributed by atoms with Gasteiger partial charge in [0.05, 0.1) is 4.83 Å². The maximum atomic E-state index is 11.9. The first-order chi connectivity index (χ1) is 8.45. The molecule has 1 aromatic rings. The number of benzene rings is 1. The van der Waals surface area contributed by atoms with Gasteiger partial charge in [0.25, 0.3) is 0 Å². The Balaban J connectivity index is 3.24. The van der Waals surface area contributed by atoms with Crippen LogP contribution in [0.5, 0.6) is 0 Å². The molecular formula is C13H12BrClO3. The van der Waals surface area contributed by atoms with Gasteiger partial charge in [-0.3, -0.25) is 4.79 Å². The lowest BCUT2D eigenvalue weighted by Crippen LogP contribution is -2.11. The lowest BCUT2D eigenvalue weighted by Gasteiger charge is -2.08. The average Bonchev–Trinajstić information content (AvgIpc) is 2.34. The van der Waals surface area contributed by atoms with E-state index in [1.807, 2.05) is 0 Å².